The molecule has 0 unspecified atom stereocenters. The van der Waals surface area contributed by atoms with Crippen LogP contribution in [0.4, 0.5) is 5.69 Å². The fourth-order valence-corrected chi connectivity index (χ4v) is 3.89. The number of non-ortho nitro benzene ring substituents is 1. The molecule has 0 aliphatic carbocycles. The Bertz CT molecular complexity index is 1090. The van der Waals surface area contributed by atoms with E-state index in [4.69, 9.17) is 0 Å². The molecule has 0 fully saturated rings. The van der Waals surface area contributed by atoms with Crippen molar-refractivity contribution in [2.75, 3.05) is 0 Å². The number of rotatable bonds is 6. The van der Waals surface area contributed by atoms with E-state index in [2.05, 4.69) is 11.9 Å². The number of hydrogen-bond donors (Lipinski definition) is 1. The van der Waals surface area contributed by atoms with Crippen molar-refractivity contribution in [3.63, 3.8) is 0 Å². The van der Waals surface area contributed by atoms with Crippen molar-refractivity contribution < 1.29 is 4.92 Å². The van der Waals surface area contributed by atoms with Gasteiger partial charge < -0.3 is 4.98 Å². The number of aromatic amines is 1. The lowest BCUT2D eigenvalue weighted by Gasteiger charge is -2.06. The minimum absolute atomic E-state index is 0.0491. The Balaban J connectivity index is 2.11. The van der Waals surface area contributed by atoms with Gasteiger partial charge in [0.2, 0.25) is 0 Å². The van der Waals surface area contributed by atoms with Gasteiger partial charge in [-0.15, -0.1) is 11.3 Å². The Morgan fingerprint density at radius 1 is 1.26 bits per heavy atom. The van der Waals surface area contributed by atoms with Crippen LogP contribution in [0.5, 0.6) is 0 Å². The van der Waals surface area contributed by atoms with Gasteiger partial charge in [-0.3, -0.25) is 14.9 Å². The molecular weight excluding hydrogens is 362 g/mol. The van der Waals surface area contributed by atoms with Crippen LogP contribution >= 0.6 is 11.3 Å². The van der Waals surface area contributed by atoms with E-state index in [1.807, 2.05) is 18.2 Å². The smallest absolute Gasteiger partial charge is 0.270 e. The number of benzene rings is 1. The van der Waals surface area contributed by atoms with Gasteiger partial charge in [-0.2, -0.15) is 5.26 Å². The van der Waals surface area contributed by atoms with E-state index in [9.17, 15) is 20.2 Å². The quantitative estimate of drug-likeness (QED) is 0.486. The van der Waals surface area contributed by atoms with Crippen LogP contribution in [0, 0.1) is 21.4 Å². The number of nitrogens with zero attached hydrogens (tertiary/aromatic N) is 2. The normalized spacial score (nSPS) is 10.5. The number of thiophene rings is 1. The molecule has 1 N–H and O–H groups in total. The summed E-state index contributed by atoms with van der Waals surface area (Å²) in [7, 11) is 0. The van der Waals surface area contributed by atoms with Crippen LogP contribution in [-0.2, 0) is 6.42 Å². The summed E-state index contributed by atoms with van der Waals surface area (Å²) in [4.78, 5) is 27.7. The van der Waals surface area contributed by atoms with Crippen molar-refractivity contribution in [2.45, 2.75) is 26.2 Å². The Kier molecular flexibility index (Phi) is 5.48. The molecule has 0 aliphatic rings. The minimum Gasteiger partial charge on any atom is -0.321 e. The van der Waals surface area contributed by atoms with E-state index in [1.54, 1.807) is 29.5 Å². The zero-order valence-corrected chi connectivity index (χ0v) is 15.5. The van der Waals surface area contributed by atoms with Gasteiger partial charge in [0.15, 0.2) is 0 Å². The molecule has 2 aromatic heterocycles. The first kappa shape index (κ1) is 18.5. The molecule has 0 atom stereocenters. The maximum absolute atomic E-state index is 12.4. The number of hydrogen-bond acceptors (Lipinski definition) is 5. The fourth-order valence-electron chi connectivity index (χ4n) is 2.82. The maximum atomic E-state index is 12.4. The van der Waals surface area contributed by atoms with Gasteiger partial charge in [0.25, 0.3) is 11.2 Å². The summed E-state index contributed by atoms with van der Waals surface area (Å²) >= 11 is 1.56. The fraction of sp³-hybridized carbons (Fsp3) is 0.200. The third-order valence-corrected chi connectivity index (χ3v) is 5.40. The molecular formula is C20H17N3O3S. The Hall–Kier alpha value is -3.24. The highest BCUT2D eigenvalue weighted by Gasteiger charge is 2.15. The van der Waals surface area contributed by atoms with E-state index < -0.39 is 10.5 Å². The second-order valence-electron chi connectivity index (χ2n) is 6.09. The van der Waals surface area contributed by atoms with Crippen molar-refractivity contribution in [2.24, 2.45) is 0 Å². The highest BCUT2D eigenvalue weighted by Crippen LogP contribution is 2.33. The van der Waals surface area contributed by atoms with Crippen molar-refractivity contribution >= 4 is 17.0 Å². The predicted octanol–water partition coefficient (Wildman–Crippen LogP) is 4.89. The summed E-state index contributed by atoms with van der Waals surface area (Å²) in [5.74, 6) is 0. The van der Waals surface area contributed by atoms with Crippen LogP contribution in [0.1, 0.15) is 30.2 Å². The van der Waals surface area contributed by atoms with Gasteiger partial charge >= 0.3 is 0 Å². The third-order valence-electron chi connectivity index (χ3n) is 4.22. The Morgan fingerprint density at radius 3 is 2.78 bits per heavy atom. The lowest BCUT2D eigenvalue weighted by molar-refractivity contribution is -0.384. The van der Waals surface area contributed by atoms with Gasteiger partial charge in [-0.25, -0.2) is 0 Å². The predicted molar refractivity (Wildman–Crippen MR) is 106 cm³/mol. The highest BCUT2D eigenvalue weighted by molar-refractivity contribution is 7.15. The van der Waals surface area contributed by atoms with Crippen LogP contribution in [0.15, 0.2) is 47.3 Å². The molecule has 0 aliphatic heterocycles. The van der Waals surface area contributed by atoms with E-state index in [0.29, 0.717) is 16.8 Å². The zero-order chi connectivity index (χ0) is 19.4. The molecule has 0 amide bonds. The second-order valence-corrected chi connectivity index (χ2v) is 7.26. The third kappa shape index (κ3) is 3.96. The lowest BCUT2D eigenvalue weighted by atomic mass is 10.0. The summed E-state index contributed by atoms with van der Waals surface area (Å²) in [6.45, 7) is 2.13. The van der Waals surface area contributed by atoms with Gasteiger partial charge in [0, 0.05) is 38.7 Å². The molecule has 0 saturated carbocycles. The number of nitriles is 1. The molecule has 3 rings (SSSR count). The van der Waals surface area contributed by atoms with Gasteiger partial charge in [0.1, 0.15) is 11.6 Å². The number of unbranched alkanes of at least 4 members (excludes halogenated alkanes) is 1. The summed E-state index contributed by atoms with van der Waals surface area (Å²) in [6, 6.07) is 13.7. The summed E-state index contributed by atoms with van der Waals surface area (Å²) in [5, 5.41) is 20.5. The van der Waals surface area contributed by atoms with Crippen LogP contribution < -0.4 is 5.56 Å². The minimum atomic E-state index is -0.500. The van der Waals surface area contributed by atoms with Crippen LogP contribution in [-0.4, -0.2) is 9.91 Å². The van der Waals surface area contributed by atoms with Crippen molar-refractivity contribution in [3.05, 3.63) is 73.4 Å². The van der Waals surface area contributed by atoms with Crippen molar-refractivity contribution in [3.8, 4) is 27.8 Å². The highest BCUT2D eigenvalue weighted by atomic mass is 32.1. The number of aryl methyl sites for hydroxylation is 1. The number of nitrogens with one attached hydrogen (secondary N) is 1. The molecule has 7 heteroatoms. The first-order valence-electron chi connectivity index (χ1n) is 8.54. The Labute approximate surface area is 159 Å². The molecule has 0 spiro atoms. The topological polar surface area (TPSA) is 99.8 Å². The standard InChI is InChI=1S/C20H17N3O3S/c1-2-3-7-15-8-9-19(27-15)16-11-18(22-20(24)17(16)12-21)13-5-4-6-14(10-13)23(25)26/h4-6,8-11H,2-3,7H2,1H3,(H,22,24). The molecule has 27 heavy (non-hydrogen) atoms. The second kappa shape index (κ2) is 7.98. The van der Waals surface area contributed by atoms with E-state index in [-0.39, 0.29) is 11.3 Å². The molecule has 2 heterocycles. The SMILES string of the molecule is CCCCc1ccc(-c2cc(-c3cccc([N+](=O)[O-])c3)[nH]c(=O)c2C#N)s1. The van der Waals surface area contributed by atoms with Crippen LogP contribution in [0.3, 0.4) is 0 Å². The average Bonchev–Trinajstić information content (AvgIpc) is 3.14. The van der Waals surface area contributed by atoms with Gasteiger partial charge in [-0.05, 0) is 31.0 Å². The molecule has 6 nitrogen and oxygen atoms in total. The largest absolute Gasteiger partial charge is 0.321 e. The summed E-state index contributed by atoms with van der Waals surface area (Å²) < 4.78 is 0. The number of aromatic nitrogens is 1. The van der Waals surface area contributed by atoms with Gasteiger partial charge in [-0.1, -0.05) is 25.5 Å². The number of nitro benzene ring substituents is 1. The molecule has 136 valence electrons. The van der Waals surface area contributed by atoms with E-state index >= 15 is 0 Å². The monoisotopic (exact) mass is 379 g/mol. The molecule has 0 saturated heterocycles. The first-order valence-corrected chi connectivity index (χ1v) is 9.36. The van der Waals surface area contributed by atoms with E-state index in [0.717, 1.165) is 24.1 Å². The summed E-state index contributed by atoms with van der Waals surface area (Å²) in [6.07, 6.45) is 3.14. The van der Waals surface area contributed by atoms with Crippen molar-refractivity contribution in [1.82, 2.24) is 4.98 Å². The molecule has 0 bridgehead atoms. The molecule has 3 aromatic rings. The number of H-pyrrole nitrogens is 1. The average molecular weight is 379 g/mol. The maximum Gasteiger partial charge on any atom is 0.270 e. The number of pyridine rings is 1. The van der Waals surface area contributed by atoms with Crippen molar-refractivity contribution in [1.29, 1.82) is 5.26 Å². The molecule has 0 radical (unpaired) electrons. The molecule has 1 aromatic carbocycles. The van der Waals surface area contributed by atoms with Crippen LogP contribution in [0.25, 0.3) is 21.7 Å². The van der Waals surface area contributed by atoms with Gasteiger partial charge in [0.05, 0.1) is 4.92 Å². The lowest BCUT2D eigenvalue weighted by Crippen LogP contribution is -2.12. The number of nitro groups is 1. The van der Waals surface area contributed by atoms with Crippen LogP contribution in [0.2, 0.25) is 0 Å². The summed E-state index contributed by atoms with van der Waals surface area (Å²) in [5.41, 5.74) is 1.01. The van der Waals surface area contributed by atoms with E-state index in [1.165, 1.54) is 17.0 Å². The first-order chi connectivity index (χ1) is 13.0. The Morgan fingerprint density at radius 2 is 2.07 bits per heavy atom. The zero-order valence-electron chi connectivity index (χ0n) is 14.7.